The lowest BCUT2D eigenvalue weighted by Gasteiger charge is -2.27. The van der Waals surface area contributed by atoms with Gasteiger partial charge in [-0.05, 0) is 79.1 Å². The Labute approximate surface area is 203 Å². The number of fused-ring (bicyclic) bond motifs is 1. The molecule has 1 N–H and O–H groups in total. The summed E-state index contributed by atoms with van der Waals surface area (Å²) in [6.07, 6.45) is 4.24. The maximum absolute atomic E-state index is 13.0. The van der Waals surface area contributed by atoms with Crippen LogP contribution in [0.4, 0.5) is 11.4 Å². The van der Waals surface area contributed by atoms with Gasteiger partial charge in [0.05, 0.1) is 16.3 Å². The van der Waals surface area contributed by atoms with Crippen LogP contribution in [0.15, 0.2) is 72.9 Å². The van der Waals surface area contributed by atoms with Gasteiger partial charge in [-0.1, -0.05) is 41.9 Å². The molecule has 0 spiro atoms. The summed E-state index contributed by atoms with van der Waals surface area (Å²) in [5.74, 6) is 0.889. The number of aryl methyl sites for hydroxylation is 1. The largest absolute Gasteiger partial charge is 0.322 e. The molecule has 0 unspecified atom stereocenters. The second-order valence-corrected chi connectivity index (χ2v) is 9.69. The molecule has 0 aliphatic carbocycles. The Kier molecular flexibility index (Phi) is 6.25. The predicted octanol–water partition coefficient (Wildman–Crippen LogP) is 7.36. The average Bonchev–Trinajstić information content (AvgIpc) is 2.85. The molecule has 4 aromatic rings. The van der Waals surface area contributed by atoms with Gasteiger partial charge in [0.1, 0.15) is 0 Å². The quantitative estimate of drug-likeness (QED) is 0.314. The Bertz CT molecular complexity index is 1330. The fourth-order valence-corrected chi connectivity index (χ4v) is 5.47. The van der Waals surface area contributed by atoms with Crippen LogP contribution in [0.25, 0.3) is 22.0 Å². The van der Waals surface area contributed by atoms with Crippen molar-refractivity contribution >= 4 is 51.6 Å². The topological polar surface area (TPSA) is 45.2 Å². The number of aromatic nitrogens is 1. The summed E-state index contributed by atoms with van der Waals surface area (Å²) in [5, 5.41) is 5.69. The summed E-state index contributed by atoms with van der Waals surface area (Å²) in [4.78, 5) is 17.7. The lowest BCUT2D eigenvalue weighted by atomic mass is 9.99. The fraction of sp³-hybridized carbons (Fsp3) is 0.185. The molecule has 166 valence electrons. The van der Waals surface area contributed by atoms with E-state index in [1.807, 2.05) is 72.7 Å². The van der Waals surface area contributed by atoms with E-state index in [2.05, 4.69) is 33.7 Å². The predicted molar refractivity (Wildman–Crippen MR) is 140 cm³/mol. The molecule has 33 heavy (non-hydrogen) atoms. The molecule has 0 saturated carbocycles. The lowest BCUT2D eigenvalue weighted by Crippen LogP contribution is -2.21. The Morgan fingerprint density at radius 3 is 2.76 bits per heavy atom. The van der Waals surface area contributed by atoms with E-state index in [0.717, 1.165) is 45.6 Å². The van der Waals surface area contributed by atoms with Crippen LogP contribution in [0.2, 0.25) is 5.02 Å². The maximum atomic E-state index is 13.0. The van der Waals surface area contributed by atoms with E-state index in [9.17, 15) is 4.79 Å². The highest BCUT2D eigenvalue weighted by molar-refractivity contribution is 8.00. The van der Waals surface area contributed by atoms with Gasteiger partial charge < -0.3 is 9.62 Å². The normalized spacial score (nSPS) is 13.8. The van der Waals surface area contributed by atoms with Crippen molar-refractivity contribution in [3.63, 3.8) is 0 Å². The van der Waals surface area contributed by atoms with Crippen molar-refractivity contribution < 1.29 is 4.79 Å². The molecule has 0 bridgehead atoms. The van der Waals surface area contributed by atoms with Crippen LogP contribution in [0.1, 0.15) is 28.8 Å². The third-order valence-electron chi connectivity index (χ3n) is 5.91. The Hall–Kier alpha value is -3.02. The highest BCUT2D eigenvalue weighted by Gasteiger charge is 2.17. The molecule has 0 atom stereocenters. The number of amides is 1. The zero-order chi connectivity index (χ0) is 22.8. The molecule has 3 aromatic carbocycles. The molecular weight excluding hydrogens is 450 g/mol. The molecule has 2 heterocycles. The maximum Gasteiger partial charge on any atom is 0.257 e. The second kappa shape index (κ2) is 9.46. The first kappa shape index (κ1) is 21.8. The van der Waals surface area contributed by atoms with Crippen molar-refractivity contribution in [1.82, 2.24) is 4.98 Å². The van der Waals surface area contributed by atoms with Crippen molar-refractivity contribution in [3.8, 4) is 11.3 Å². The van der Waals surface area contributed by atoms with Crippen LogP contribution in [0.3, 0.4) is 0 Å². The Balaban J connectivity index is 1.41. The Morgan fingerprint density at radius 1 is 1.06 bits per heavy atom. The van der Waals surface area contributed by atoms with Gasteiger partial charge >= 0.3 is 0 Å². The standard InChI is InChI=1S/C27H24ClN3OS/c1-18-8-9-20(16-24(18)26-22-7-3-2-6-19(22)12-13-29-26)30-27(32)23-11-10-21(17-25(23)28)31-14-4-5-15-33-31/h2-3,6-13,16-17H,4-5,14-15H2,1H3,(H,30,32). The number of nitrogens with zero attached hydrogens (tertiary/aromatic N) is 2. The molecule has 1 fully saturated rings. The summed E-state index contributed by atoms with van der Waals surface area (Å²) in [7, 11) is 0. The number of carbonyl (C=O) groups excluding carboxylic acids is 1. The van der Waals surface area contributed by atoms with Crippen molar-refractivity contribution in [2.24, 2.45) is 0 Å². The smallest absolute Gasteiger partial charge is 0.257 e. The van der Waals surface area contributed by atoms with Gasteiger partial charge in [0, 0.05) is 40.8 Å². The van der Waals surface area contributed by atoms with Crippen molar-refractivity contribution in [2.45, 2.75) is 19.8 Å². The van der Waals surface area contributed by atoms with Gasteiger partial charge in [0.25, 0.3) is 5.91 Å². The molecule has 1 amide bonds. The van der Waals surface area contributed by atoms with Gasteiger partial charge in [0.2, 0.25) is 0 Å². The van der Waals surface area contributed by atoms with Crippen LogP contribution in [-0.2, 0) is 0 Å². The van der Waals surface area contributed by atoms with E-state index in [0.29, 0.717) is 16.3 Å². The molecule has 1 aromatic heterocycles. The minimum Gasteiger partial charge on any atom is -0.322 e. The number of hydrogen-bond donors (Lipinski definition) is 1. The third kappa shape index (κ3) is 4.56. The van der Waals surface area contributed by atoms with E-state index in [-0.39, 0.29) is 5.91 Å². The zero-order valence-electron chi connectivity index (χ0n) is 18.3. The van der Waals surface area contributed by atoms with Gasteiger partial charge in [0.15, 0.2) is 0 Å². The Morgan fingerprint density at radius 2 is 1.94 bits per heavy atom. The monoisotopic (exact) mass is 473 g/mol. The van der Waals surface area contributed by atoms with Crippen molar-refractivity contribution in [3.05, 3.63) is 89.1 Å². The summed E-state index contributed by atoms with van der Waals surface area (Å²) in [6, 6.07) is 21.8. The van der Waals surface area contributed by atoms with Gasteiger partial charge in [-0.15, -0.1) is 0 Å². The van der Waals surface area contributed by atoms with Crippen molar-refractivity contribution in [2.75, 3.05) is 21.9 Å². The van der Waals surface area contributed by atoms with E-state index >= 15 is 0 Å². The van der Waals surface area contributed by atoms with Crippen molar-refractivity contribution in [1.29, 1.82) is 0 Å². The number of anilines is 2. The van der Waals surface area contributed by atoms with Crippen LogP contribution in [-0.4, -0.2) is 23.2 Å². The number of benzene rings is 3. The number of pyridine rings is 1. The summed E-state index contributed by atoms with van der Waals surface area (Å²) < 4.78 is 2.25. The molecule has 4 nitrogen and oxygen atoms in total. The van der Waals surface area contributed by atoms with Crippen LogP contribution in [0.5, 0.6) is 0 Å². The number of halogens is 1. The van der Waals surface area contributed by atoms with Gasteiger partial charge in [-0.25, -0.2) is 0 Å². The first-order valence-electron chi connectivity index (χ1n) is 11.1. The zero-order valence-corrected chi connectivity index (χ0v) is 19.9. The molecule has 5 rings (SSSR count). The second-order valence-electron chi connectivity index (χ2n) is 8.17. The number of hydrogen-bond acceptors (Lipinski definition) is 4. The van der Waals surface area contributed by atoms with E-state index < -0.39 is 0 Å². The fourth-order valence-electron chi connectivity index (χ4n) is 4.13. The number of carbonyl (C=O) groups is 1. The van der Waals surface area contributed by atoms with E-state index in [4.69, 9.17) is 11.6 Å². The van der Waals surface area contributed by atoms with E-state index in [1.165, 1.54) is 12.8 Å². The molecule has 1 saturated heterocycles. The molecule has 0 radical (unpaired) electrons. The van der Waals surface area contributed by atoms with Gasteiger partial charge in [-0.2, -0.15) is 0 Å². The molecule has 1 aliphatic rings. The lowest BCUT2D eigenvalue weighted by molar-refractivity contribution is 0.102. The SMILES string of the molecule is Cc1ccc(NC(=O)c2ccc(N3CCCCS3)cc2Cl)cc1-c1nccc2ccccc12. The van der Waals surface area contributed by atoms with Crippen LogP contribution in [0, 0.1) is 6.92 Å². The summed E-state index contributed by atoms with van der Waals surface area (Å²) in [6.45, 7) is 3.06. The molecule has 1 aliphatic heterocycles. The van der Waals surface area contributed by atoms with Crippen LogP contribution >= 0.6 is 23.5 Å². The minimum atomic E-state index is -0.224. The summed E-state index contributed by atoms with van der Waals surface area (Å²) >= 11 is 8.33. The minimum absolute atomic E-state index is 0.224. The first-order chi connectivity index (χ1) is 16.1. The third-order valence-corrected chi connectivity index (χ3v) is 7.40. The molecule has 6 heteroatoms. The van der Waals surface area contributed by atoms with Crippen LogP contribution < -0.4 is 9.62 Å². The van der Waals surface area contributed by atoms with E-state index in [1.54, 1.807) is 0 Å². The number of rotatable bonds is 4. The highest BCUT2D eigenvalue weighted by atomic mass is 35.5. The van der Waals surface area contributed by atoms with Gasteiger partial charge in [-0.3, -0.25) is 9.78 Å². The number of nitrogens with one attached hydrogen (secondary N) is 1. The highest BCUT2D eigenvalue weighted by Crippen LogP contribution is 2.33. The summed E-state index contributed by atoms with van der Waals surface area (Å²) in [5.41, 5.74) is 5.21. The molecular formula is C27H24ClN3OS. The average molecular weight is 474 g/mol. The first-order valence-corrected chi connectivity index (χ1v) is 12.4.